The summed E-state index contributed by atoms with van der Waals surface area (Å²) >= 11 is 1.79. The summed E-state index contributed by atoms with van der Waals surface area (Å²) in [5.74, 6) is 0.683. The van der Waals surface area contributed by atoms with E-state index in [1.54, 1.807) is 11.3 Å². The Kier molecular flexibility index (Phi) is 6.46. The van der Waals surface area contributed by atoms with E-state index in [1.165, 1.54) is 49.4 Å². The number of likely N-dealkylation sites (tertiary alicyclic amines) is 3. The Morgan fingerprint density at radius 1 is 1.11 bits per heavy atom. The van der Waals surface area contributed by atoms with Crippen molar-refractivity contribution in [3.63, 3.8) is 0 Å². The zero-order valence-corrected chi connectivity index (χ0v) is 17.6. The molecule has 3 saturated heterocycles. The summed E-state index contributed by atoms with van der Waals surface area (Å²) < 4.78 is 0. The van der Waals surface area contributed by atoms with Gasteiger partial charge in [0.25, 0.3) is 0 Å². The van der Waals surface area contributed by atoms with Crippen LogP contribution in [0, 0.1) is 5.92 Å². The molecule has 1 amide bonds. The van der Waals surface area contributed by atoms with Crippen LogP contribution < -0.4 is 0 Å². The van der Waals surface area contributed by atoms with Crippen molar-refractivity contribution in [3.05, 3.63) is 16.1 Å². The third-order valence-corrected chi connectivity index (χ3v) is 7.62. The van der Waals surface area contributed by atoms with Gasteiger partial charge >= 0.3 is 0 Å². The molecule has 6 heteroatoms. The van der Waals surface area contributed by atoms with Crippen molar-refractivity contribution in [2.24, 2.45) is 5.92 Å². The number of aryl methyl sites for hydroxylation is 1. The predicted molar refractivity (Wildman–Crippen MR) is 110 cm³/mol. The molecule has 3 aliphatic rings. The van der Waals surface area contributed by atoms with E-state index in [4.69, 9.17) is 4.98 Å². The van der Waals surface area contributed by atoms with Gasteiger partial charge in [-0.15, -0.1) is 11.3 Å². The van der Waals surface area contributed by atoms with Crippen molar-refractivity contribution < 1.29 is 4.79 Å². The first-order chi connectivity index (χ1) is 13.2. The lowest BCUT2D eigenvalue weighted by atomic mass is 9.93. The van der Waals surface area contributed by atoms with Crippen molar-refractivity contribution >= 4 is 17.2 Å². The minimum atomic E-state index is 0.248. The van der Waals surface area contributed by atoms with Crippen LogP contribution in [0.2, 0.25) is 0 Å². The number of rotatable bonds is 5. The second-order valence-corrected chi connectivity index (χ2v) is 9.40. The van der Waals surface area contributed by atoms with E-state index < -0.39 is 0 Å². The van der Waals surface area contributed by atoms with E-state index in [0.717, 1.165) is 52.1 Å². The molecule has 27 heavy (non-hydrogen) atoms. The van der Waals surface area contributed by atoms with Gasteiger partial charge in [-0.05, 0) is 51.5 Å². The fourth-order valence-electron chi connectivity index (χ4n) is 4.99. The fraction of sp³-hybridized carbons (Fsp3) is 0.810. The van der Waals surface area contributed by atoms with Crippen LogP contribution in [0.1, 0.15) is 56.2 Å². The van der Waals surface area contributed by atoms with E-state index in [-0.39, 0.29) is 5.92 Å². The monoisotopic (exact) mass is 390 g/mol. The van der Waals surface area contributed by atoms with Crippen molar-refractivity contribution in [2.45, 2.75) is 64.5 Å². The van der Waals surface area contributed by atoms with Crippen molar-refractivity contribution in [2.75, 3.05) is 39.3 Å². The molecule has 4 rings (SSSR count). The first-order valence-electron chi connectivity index (χ1n) is 10.9. The van der Waals surface area contributed by atoms with E-state index >= 15 is 0 Å². The maximum atomic E-state index is 12.8. The third kappa shape index (κ3) is 4.72. The highest BCUT2D eigenvalue weighted by molar-refractivity contribution is 7.09. The lowest BCUT2D eigenvalue weighted by Crippen LogP contribution is -2.51. The average molecular weight is 391 g/mol. The standard InChI is InChI=1S/C21H34N4OS/c1-2-20-22-18(16-27-20)15-23-12-7-19(8-13-23)25-11-5-6-17(14-25)21(26)24-9-3-4-10-24/h16-17,19H,2-15H2,1H3. The molecule has 1 aromatic rings. The predicted octanol–water partition coefficient (Wildman–Crippen LogP) is 3.00. The summed E-state index contributed by atoms with van der Waals surface area (Å²) in [7, 11) is 0. The molecule has 1 aromatic heterocycles. The number of amides is 1. The lowest BCUT2D eigenvalue weighted by Gasteiger charge is -2.42. The van der Waals surface area contributed by atoms with Gasteiger partial charge in [-0.25, -0.2) is 4.98 Å². The quantitative estimate of drug-likeness (QED) is 0.775. The maximum absolute atomic E-state index is 12.8. The van der Waals surface area contributed by atoms with Crippen LogP contribution in [0.4, 0.5) is 0 Å². The Balaban J connectivity index is 1.25. The minimum Gasteiger partial charge on any atom is -0.342 e. The van der Waals surface area contributed by atoms with Gasteiger partial charge < -0.3 is 4.90 Å². The minimum absolute atomic E-state index is 0.248. The molecular weight excluding hydrogens is 356 g/mol. The van der Waals surface area contributed by atoms with Gasteiger partial charge in [-0.3, -0.25) is 14.6 Å². The lowest BCUT2D eigenvalue weighted by molar-refractivity contribution is -0.136. The first-order valence-corrected chi connectivity index (χ1v) is 11.8. The van der Waals surface area contributed by atoms with Gasteiger partial charge in [-0.1, -0.05) is 6.92 Å². The maximum Gasteiger partial charge on any atom is 0.226 e. The molecule has 0 aromatic carbocycles. The zero-order chi connectivity index (χ0) is 18.6. The SMILES string of the molecule is CCc1nc(CN2CCC(N3CCCC(C(=O)N4CCCC4)C3)CC2)cs1. The van der Waals surface area contributed by atoms with E-state index in [1.807, 2.05) is 0 Å². The largest absolute Gasteiger partial charge is 0.342 e. The molecule has 1 atom stereocenters. The highest BCUT2D eigenvalue weighted by Crippen LogP contribution is 2.26. The normalized spacial score (nSPS) is 26.0. The van der Waals surface area contributed by atoms with E-state index in [0.29, 0.717) is 11.9 Å². The second-order valence-electron chi connectivity index (χ2n) is 8.46. The molecule has 0 N–H and O–H groups in total. The Labute approximate surface area is 167 Å². The number of aromatic nitrogens is 1. The molecular formula is C21H34N4OS. The third-order valence-electron chi connectivity index (χ3n) is 6.58. The van der Waals surface area contributed by atoms with Crippen LogP contribution in [-0.2, 0) is 17.8 Å². The van der Waals surface area contributed by atoms with Gasteiger partial charge in [-0.2, -0.15) is 0 Å². The van der Waals surface area contributed by atoms with Gasteiger partial charge in [0.1, 0.15) is 0 Å². The topological polar surface area (TPSA) is 39.7 Å². The van der Waals surface area contributed by atoms with Crippen LogP contribution in [0.5, 0.6) is 0 Å². The van der Waals surface area contributed by atoms with Crippen LogP contribution >= 0.6 is 11.3 Å². The van der Waals surface area contributed by atoms with Gasteiger partial charge in [0.2, 0.25) is 5.91 Å². The summed E-state index contributed by atoms with van der Waals surface area (Å²) in [6.07, 6.45) is 8.17. The van der Waals surface area contributed by atoms with Crippen LogP contribution in [0.15, 0.2) is 5.38 Å². The number of nitrogens with zero attached hydrogens (tertiary/aromatic N) is 4. The number of thiazole rings is 1. The molecule has 3 fully saturated rings. The van der Waals surface area contributed by atoms with Crippen molar-refractivity contribution in [1.29, 1.82) is 0 Å². The molecule has 150 valence electrons. The Bertz CT molecular complexity index is 619. The van der Waals surface area contributed by atoms with Gasteiger partial charge in [0.15, 0.2) is 0 Å². The summed E-state index contributed by atoms with van der Waals surface area (Å²) in [5, 5.41) is 3.48. The van der Waals surface area contributed by atoms with Crippen LogP contribution in [0.25, 0.3) is 0 Å². The molecule has 0 bridgehead atoms. The highest BCUT2D eigenvalue weighted by Gasteiger charge is 2.34. The number of carbonyl (C=O) groups is 1. The Hall–Kier alpha value is -0.980. The average Bonchev–Trinajstić information content (AvgIpc) is 3.40. The molecule has 0 spiro atoms. The van der Waals surface area contributed by atoms with Gasteiger partial charge in [0, 0.05) is 50.7 Å². The van der Waals surface area contributed by atoms with E-state index in [9.17, 15) is 4.79 Å². The van der Waals surface area contributed by atoms with Crippen molar-refractivity contribution in [1.82, 2.24) is 19.7 Å². The first kappa shape index (κ1) is 19.3. The van der Waals surface area contributed by atoms with Crippen LogP contribution in [-0.4, -0.2) is 70.9 Å². The molecule has 4 heterocycles. The summed E-state index contributed by atoms with van der Waals surface area (Å²) in [5.41, 5.74) is 1.24. The smallest absolute Gasteiger partial charge is 0.226 e. The highest BCUT2D eigenvalue weighted by atomic mass is 32.1. The summed E-state index contributed by atoms with van der Waals surface area (Å²) in [4.78, 5) is 24.8. The zero-order valence-electron chi connectivity index (χ0n) is 16.7. The Morgan fingerprint density at radius 2 is 1.89 bits per heavy atom. The molecule has 5 nitrogen and oxygen atoms in total. The molecule has 1 unspecified atom stereocenters. The summed E-state index contributed by atoms with van der Waals surface area (Å²) in [6, 6.07) is 0.664. The number of carbonyl (C=O) groups excluding carboxylic acids is 1. The van der Waals surface area contributed by atoms with Crippen molar-refractivity contribution in [3.8, 4) is 0 Å². The molecule has 0 aliphatic carbocycles. The molecule has 0 radical (unpaired) electrons. The molecule has 3 aliphatic heterocycles. The number of hydrogen-bond acceptors (Lipinski definition) is 5. The second kappa shape index (κ2) is 9.01. The van der Waals surface area contributed by atoms with Crippen LogP contribution in [0.3, 0.4) is 0 Å². The Morgan fingerprint density at radius 3 is 2.59 bits per heavy atom. The van der Waals surface area contributed by atoms with Gasteiger partial charge in [0.05, 0.1) is 16.6 Å². The fourth-order valence-corrected chi connectivity index (χ4v) is 5.73. The molecule has 0 saturated carbocycles. The van der Waals surface area contributed by atoms with E-state index in [2.05, 4.69) is 27.0 Å². The number of hydrogen-bond donors (Lipinski definition) is 0. The summed E-state index contributed by atoms with van der Waals surface area (Å²) in [6.45, 7) is 9.64. The number of piperidine rings is 2.